The number of rotatable bonds is 4. The maximum absolute atomic E-state index is 6.13. The van der Waals surface area contributed by atoms with E-state index in [1.54, 1.807) is 0 Å². The molecule has 0 saturated carbocycles. The molecule has 1 atom stereocenters. The first-order valence-corrected chi connectivity index (χ1v) is 8.14. The normalized spacial score (nSPS) is 18.8. The zero-order valence-corrected chi connectivity index (χ0v) is 14.0. The highest BCUT2D eigenvalue weighted by molar-refractivity contribution is 5.49. The second-order valence-electron chi connectivity index (χ2n) is 7.12. The molecule has 1 aromatic carbocycles. The minimum Gasteiger partial charge on any atom is -0.493 e. The van der Waals surface area contributed by atoms with Crippen LogP contribution in [0.2, 0.25) is 0 Å². The Morgan fingerprint density at radius 2 is 2.10 bits per heavy atom. The number of hydrogen-bond acceptors (Lipinski definition) is 3. The lowest BCUT2D eigenvalue weighted by Crippen LogP contribution is -2.24. The van der Waals surface area contributed by atoms with Gasteiger partial charge in [-0.25, -0.2) is 0 Å². The summed E-state index contributed by atoms with van der Waals surface area (Å²) < 4.78 is 6.13. The summed E-state index contributed by atoms with van der Waals surface area (Å²) in [7, 11) is 0. The van der Waals surface area contributed by atoms with Crippen molar-refractivity contribution in [3.63, 3.8) is 0 Å². The summed E-state index contributed by atoms with van der Waals surface area (Å²) in [6.07, 6.45) is 3.24. The Labute approximate surface area is 129 Å². The van der Waals surface area contributed by atoms with Gasteiger partial charge in [-0.3, -0.25) is 0 Å². The molecule has 0 saturated heterocycles. The number of ether oxygens (including phenoxy) is 1. The van der Waals surface area contributed by atoms with E-state index >= 15 is 0 Å². The van der Waals surface area contributed by atoms with Crippen molar-refractivity contribution in [1.29, 1.82) is 0 Å². The molecule has 2 rings (SSSR count). The Morgan fingerprint density at radius 3 is 2.76 bits per heavy atom. The highest BCUT2D eigenvalue weighted by atomic mass is 16.5. The SMILES string of the molecule is Cc1cc2c(c(C(C)(C)C)c1)OCCCC2NCCCN. The van der Waals surface area contributed by atoms with E-state index in [0.29, 0.717) is 6.04 Å². The highest BCUT2D eigenvalue weighted by Gasteiger charge is 2.27. The van der Waals surface area contributed by atoms with Gasteiger partial charge in [0.15, 0.2) is 0 Å². The maximum Gasteiger partial charge on any atom is 0.127 e. The second kappa shape index (κ2) is 6.80. The molecule has 0 aliphatic carbocycles. The molecular weight excluding hydrogens is 260 g/mol. The molecule has 0 spiro atoms. The first kappa shape index (κ1) is 16.3. The third-order valence-corrected chi connectivity index (χ3v) is 4.10. The van der Waals surface area contributed by atoms with Gasteiger partial charge in [-0.2, -0.15) is 0 Å². The number of aryl methyl sites for hydroxylation is 1. The molecule has 3 nitrogen and oxygen atoms in total. The standard InChI is InChI=1S/C18H30N2O/c1-13-11-14-16(20-9-6-8-19)7-5-10-21-17(14)15(12-13)18(2,3)4/h11-12,16,20H,5-10,19H2,1-4H3. The van der Waals surface area contributed by atoms with Gasteiger partial charge in [0.1, 0.15) is 5.75 Å². The van der Waals surface area contributed by atoms with Crippen LogP contribution in [0.3, 0.4) is 0 Å². The van der Waals surface area contributed by atoms with Crippen LogP contribution in [-0.4, -0.2) is 19.7 Å². The van der Waals surface area contributed by atoms with Gasteiger partial charge >= 0.3 is 0 Å². The number of fused-ring (bicyclic) bond motifs is 1. The molecular formula is C18H30N2O. The molecule has 118 valence electrons. The summed E-state index contributed by atoms with van der Waals surface area (Å²) in [6.45, 7) is 11.5. The zero-order valence-electron chi connectivity index (χ0n) is 14.0. The van der Waals surface area contributed by atoms with E-state index < -0.39 is 0 Å². The van der Waals surface area contributed by atoms with Crippen LogP contribution in [0.25, 0.3) is 0 Å². The zero-order chi connectivity index (χ0) is 15.5. The average Bonchev–Trinajstić information content (AvgIpc) is 2.60. The van der Waals surface area contributed by atoms with Gasteiger partial charge < -0.3 is 15.8 Å². The molecule has 1 unspecified atom stereocenters. The van der Waals surface area contributed by atoms with E-state index in [0.717, 1.165) is 44.7 Å². The molecule has 1 aromatic rings. The van der Waals surface area contributed by atoms with Gasteiger partial charge in [-0.1, -0.05) is 38.5 Å². The summed E-state index contributed by atoms with van der Waals surface area (Å²) >= 11 is 0. The second-order valence-corrected chi connectivity index (χ2v) is 7.12. The summed E-state index contributed by atoms with van der Waals surface area (Å²) in [5, 5.41) is 3.66. The Morgan fingerprint density at radius 1 is 1.33 bits per heavy atom. The highest BCUT2D eigenvalue weighted by Crippen LogP contribution is 2.40. The van der Waals surface area contributed by atoms with Crippen LogP contribution in [0.5, 0.6) is 5.75 Å². The molecule has 3 N–H and O–H groups in total. The third kappa shape index (κ3) is 3.98. The molecule has 0 aromatic heterocycles. The van der Waals surface area contributed by atoms with Crippen LogP contribution in [0.1, 0.15) is 62.8 Å². The number of benzene rings is 1. The van der Waals surface area contributed by atoms with Crippen molar-refractivity contribution in [3.8, 4) is 5.75 Å². The summed E-state index contributed by atoms with van der Waals surface area (Å²) in [6, 6.07) is 4.95. The molecule has 0 bridgehead atoms. The molecule has 1 aliphatic rings. The molecule has 0 amide bonds. The predicted molar refractivity (Wildman–Crippen MR) is 89.0 cm³/mol. The van der Waals surface area contributed by atoms with Crippen LogP contribution >= 0.6 is 0 Å². The molecule has 0 fully saturated rings. The lowest BCUT2D eigenvalue weighted by molar-refractivity contribution is 0.307. The van der Waals surface area contributed by atoms with Crippen molar-refractivity contribution in [2.75, 3.05) is 19.7 Å². The molecule has 0 radical (unpaired) electrons. The van der Waals surface area contributed by atoms with Crippen molar-refractivity contribution in [3.05, 3.63) is 28.8 Å². The van der Waals surface area contributed by atoms with Crippen LogP contribution in [0.15, 0.2) is 12.1 Å². The smallest absolute Gasteiger partial charge is 0.127 e. The topological polar surface area (TPSA) is 47.3 Å². The lowest BCUT2D eigenvalue weighted by atomic mass is 9.83. The quantitative estimate of drug-likeness (QED) is 0.835. The maximum atomic E-state index is 6.13. The molecule has 1 heterocycles. The number of hydrogen-bond donors (Lipinski definition) is 2. The fourth-order valence-corrected chi connectivity index (χ4v) is 2.99. The molecule has 21 heavy (non-hydrogen) atoms. The summed E-state index contributed by atoms with van der Waals surface area (Å²) in [4.78, 5) is 0. The fraction of sp³-hybridized carbons (Fsp3) is 0.667. The fourth-order valence-electron chi connectivity index (χ4n) is 2.99. The van der Waals surface area contributed by atoms with E-state index in [4.69, 9.17) is 10.5 Å². The third-order valence-electron chi connectivity index (χ3n) is 4.10. The Balaban J connectivity index is 2.39. The number of nitrogens with one attached hydrogen (secondary N) is 1. The van der Waals surface area contributed by atoms with E-state index in [2.05, 4.69) is 45.1 Å². The first-order chi connectivity index (χ1) is 9.93. The van der Waals surface area contributed by atoms with Crippen LogP contribution in [0, 0.1) is 6.92 Å². The van der Waals surface area contributed by atoms with Crippen molar-refractivity contribution < 1.29 is 4.74 Å². The van der Waals surface area contributed by atoms with Gasteiger partial charge in [0.05, 0.1) is 6.61 Å². The van der Waals surface area contributed by atoms with E-state index in [1.807, 2.05) is 0 Å². The van der Waals surface area contributed by atoms with Crippen LogP contribution in [-0.2, 0) is 5.41 Å². The first-order valence-electron chi connectivity index (χ1n) is 8.14. The predicted octanol–water partition coefficient (Wildman–Crippen LogP) is 3.44. The monoisotopic (exact) mass is 290 g/mol. The van der Waals surface area contributed by atoms with Crippen molar-refractivity contribution in [2.45, 2.75) is 58.4 Å². The van der Waals surface area contributed by atoms with Crippen molar-refractivity contribution >= 4 is 0 Å². The molecule has 1 aliphatic heterocycles. The summed E-state index contributed by atoms with van der Waals surface area (Å²) in [5.74, 6) is 1.11. The van der Waals surface area contributed by atoms with Gasteiger partial charge in [0.2, 0.25) is 0 Å². The minimum absolute atomic E-state index is 0.0995. The number of nitrogens with two attached hydrogens (primary N) is 1. The van der Waals surface area contributed by atoms with Gasteiger partial charge in [0.25, 0.3) is 0 Å². The lowest BCUT2D eigenvalue weighted by Gasteiger charge is -2.27. The minimum atomic E-state index is 0.0995. The molecule has 3 heteroatoms. The largest absolute Gasteiger partial charge is 0.493 e. The average molecular weight is 290 g/mol. The Kier molecular flexibility index (Phi) is 5.28. The van der Waals surface area contributed by atoms with Gasteiger partial charge in [-0.15, -0.1) is 0 Å². The van der Waals surface area contributed by atoms with E-state index in [-0.39, 0.29) is 5.41 Å². The van der Waals surface area contributed by atoms with Gasteiger partial charge in [0, 0.05) is 17.2 Å². The Bertz CT molecular complexity index is 477. The van der Waals surface area contributed by atoms with Crippen molar-refractivity contribution in [2.24, 2.45) is 5.73 Å². The summed E-state index contributed by atoms with van der Waals surface area (Å²) in [5.41, 5.74) is 9.68. The van der Waals surface area contributed by atoms with Gasteiger partial charge in [-0.05, 0) is 44.7 Å². The van der Waals surface area contributed by atoms with E-state index in [1.165, 1.54) is 16.7 Å². The van der Waals surface area contributed by atoms with Crippen LogP contribution < -0.4 is 15.8 Å². The van der Waals surface area contributed by atoms with Crippen LogP contribution in [0.4, 0.5) is 0 Å². The van der Waals surface area contributed by atoms with Crippen molar-refractivity contribution in [1.82, 2.24) is 5.32 Å². The van der Waals surface area contributed by atoms with E-state index in [9.17, 15) is 0 Å². The Hall–Kier alpha value is -1.06.